The minimum Gasteiger partial charge on any atom is -0.475 e. The van der Waals surface area contributed by atoms with E-state index in [0.717, 1.165) is 25.1 Å². The van der Waals surface area contributed by atoms with E-state index in [-0.39, 0.29) is 5.97 Å². The van der Waals surface area contributed by atoms with E-state index in [2.05, 4.69) is 16.3 Å². The lowest BCUT2D eigenvalue weighted by atomic mass is 10.0. The number of carbonyl (C=O) groups is 2. The number of ether oxygens (including phenoxy) is 1. The molecule has 1 aromatic heterocycles. The quantitative estimate of drug-likeness (QED) is 0.728. The normalized spacial score (nSPS) is 15.0. The number of methoxy groups -OCH3 is 1. The van der Waals surface area contributed by atoms with Gasteiger partial charge in [-0.3, -0.25) is 4.90 Å². The number of alkyl halides is 3. The molecule has 5 nitrogen and oxygen atoms in total. The summed E-state index contributed by atoms with van der Waals surface area (Å²) >= 11 is 8.07. The van der Waals surface area contributed by atoms with Crippen LogP contribution >= 0.6 is 22.9 Å². The van der Waals surface area contributed by atoms with Crippen LogP contribution in [0.25, 0.3) is 0 Å². The van der Waals surface area contributed by atoms with Crippen molar-refractivity contribution < 1.29 is 32.6 Å². The summed E-state index contributed by atoms with van der Waals surface area (Å²) in [6, 6.07) is 9.16. The Morgan fingerprint density at radius 3 is 2.50 bits per heavy atom. The van der Waals surface area contributed by atoms with Crippen LogP contribution < -0.4 is 0 Å². The van der Waals surface area contributed by atoms with Gasteiger partial charge in [-0.1, -0.05) is 29.8 Å². The van der Waals surface area contributed by atoms with Gasteiger partial charge in [-0.15, -0.1) is 11.3 Å². The van der Waals surface area contributed by atoms with E-state index in [4.69, 9.17) is 26.2 Å². The molecule has 0 amide bonds. The SMILES string of the molecule is COC(=O)[C@@H](c1ccccc1Cl)N1CCc2sccc2C1.O=C(O)C(F)(F)F. The number of rotatable bonds is 3. The Morgan fingerprint density at radius 1 is 1.29 bits per heavy atom. The Bertz CT molecular complexity index is 840. The first kappa shape index (κ1) is 22.2. The van der Waals surface area contributed by atoms with Gasteiger partial charge in [0.2, 0.25) is 0 Å². The van der Waals surface area contributed by atoms with Gasteiger partial charge in [-0.05, 0) is 35.1 Å². The van der Waals surface area contributed by atoms with E-state index >= 15 is 0 Å². The van der Waals surface area contributed by atoms with Crippen molar-refractivity contribution >= 4 is 34.9 Å². The van der Waals surface area contributed by atoms with Crippen LogP contribution in [0.2, 0.25) is 5.02 Å². The monoisotopic (exact) mass is 435 g/mol. The third-order valence-corrected chi connectivity index (χ3v) is 5.44. The second-order valence-corrected chi connectivity index (χ2v) is 7.25. The number of fused-ring (bicyclic) bond motifs is 1. The zero-order valence-electron chi connectivity index (χ0n) is 14.7. The molecule has 0 aliphatic carbocycles. The number of hydrogen-bond acceptors (Lipinski definition) is 5. The molecule has 2 aromatic rings. The molecule has 0 saturated heterocycles. The number of thiophene rings is 1. The molecule has 1 aliphatic rings. The maximum Gasteiger partial charge on any atom is 0.490 e. The Labute approximate surface area is 168 Å². The van der Waals surface area contributed by atoms with Crippen LogP contribution in [0, 0.1) is 0 Å². The maximum atomic E-state index is 12.3. The fourth-order valence-electron chi connectivity index (χ4n) is 2.77. The Morgan fingerprint density at radius 2 is 1.93 bits per heavy atom. The van der Waals surface area contributed by atoms with Gasteiger partial charge in [-0.25, -0.2) is 9.59 Å². The number of carbonyl (C=O) groups excluding carboxylic acids is 1. The molecule has 0 fully saturated rings. The highest BCUT2D eigenvalue weighted by Gasteiger charge is 2.38. The summed E-state index contributed by atoms with van der Waals surface area (Å²) in [5.41, 5.74) is 2.11. The van der Waals surface area contributed by atoms with Crippen LogP contribution in [0.4, 0.5) is 13.2 Å². The number of nitrogens with zero attached hydrogens (tertiary/aromatic N) is 1. The smallest absolute Gasteiger partial charge is 0.475 e. The van der Waals surface area contributed by atoms with Crippen molar-refractivity contribution in [2.75, 3.05) is 13.7 Å². The summed E-state index contributed by atoms with van der Waals surface area (Å²) in [6.45, 7) is 1.59. The zero-order valence-corrected chi connectivity index (χ0v) is 16.3. The molecular formula is C18H17ClF3NO4S. The Hall–Kier alpha value is -2.10. The summed E-state index contributed by atoms with van der Waals surface area (Å²) in [6.07, 6.45) is -4.12. The van der Waals surface area contributed by atoms with Crippen LogP contribution in [0.15, 0.2) is 35.7 Å². The molecule has 1 aliphatic heterocycles. The molecule has 1 atom stereocenters. The molecule has 0 bridgehead atoms. The first-order chi connectivity index (χ1) is 13.1. The number of hydrogen-bond donors (Lipinski definition) is 1. The molecule has 1 aromatic carbocycles. The molecule has 0 saturated carbocycles. The van der Waals surface area contributed by atoms with Gasteiger partial charge in [-0.2, -0.15) is 13.2 Å². The molecule has 1 N–H and O–H groups in total. The standard InChI is InChI=1S/C16H16ClNO2S.C2HF3O2/c1-20-16(19)15(12-4-2-3-5-13(12)17)18-8-6-14-11(10-18)7-9-21-14;3-2(4,5)1(6)7/h2-5,7,9,15H,6,8,10H2,1H3;(H,6,7)/t15-;/m1./s1. The van der Waals surface area contributed by atoms with Crippen molar-refractivity contribution in [1.29, 1.82) is 0 Å². The van der Waals surface area contributed by atoms with Crippen molar-refractivity contribution in [3.63, 3.8) is 0 Å². The summed E-state index contributed by atoms with van der Waals surface area (Å²) in [7, 11) is 1.42. The van der Waals surface area contributed by atoms with Crippen molar-refractivity contribution in [3.05, 3.63) is 56.7 Å². The fraction of sp³-hybridized carbons (Fsp3) is 0.333. The first-order valence-electron chi connectivity index (χ1n) is 8.06. The fourth-order valence-corrected chi connectivity index (χ4v) is 3.90. The van der Waals surface area contributed by atoms with Crippen molar-refractivity contribution in [3.8, 4) is 0 Å². The number of carboxylic acid groups (broad SMARTS) is 1. The molecule has 28 heavy (non-hydrogen) atoms. The van der Waals surface area contributed by atoms with Crippen LogP contribution in [-0.2, 0) is 27.3 Å². The van der Waals surface area contributed by atoms with Gasteiger partial charge in [0.05, 0.1) is 7.11 Å². The zero-order chi connectivity index (χ0) is 20.9. The van der Waals surface area contributed by atoms with Gasteiger partial charge in [0.15, 0.2) is 0 Å². The lowest BCUT2D eigenvalue weighted by molar-refractivity contribution is -0.192. The predicted octanol–water partition coefficient (Wildman–Crippen LogP) is 4.31. The second kappa shape index (κ2) is 9.40. The maximum absolute atomic E-state index is 12.3. The molecule has 10 heteroatoms. The average molecular weight is 436 g/mol. The molecule has 2 heterocycles. The topological polar surface area (TPSA) is 66.8 Å². The van der Waals surface area contributed by atoms with Gasteiger partial charge in [0.1, 0.15) is 6.04 Å². The van der Waals surface area contributed by atoms with Crippen molar-refractivity contribution in [2.24, 2.45) is 0 Å². The minimum absolute atomic E-state index is 0.262. The van der Waals surface area contributed by atoms with E-state index in [1.165, 1.54) is 17.6 Å². The molecule has 3 rings (SSSR count). The van der Waals surface area contributed by atoms with Crippen LogP contribution in [0.3, 0.4) is 0 Å². The summed E-state index contributed by atoms with van der Waals surface area (Å²) in [5.74, 6) is -3.02. The molecule has 0 spiro atoms. The van der Waals surface area contributed by atoms with E-state index in [0.29, 0.717) is 5.02 Å². The third-order valence-electron chi connectivity index (χ3n) is 4.07. The number of carboxylic acids is 1. The van der Waals surface area contributed by atoms with Gasteiger partial charge < -0.3 is 9.84 Å². The Kier molecular flexibility index (Phi) is 7.45. The predicted molar refractivity (Wildman–Crippen MR) is 98.3 cm³/mol. The van der Waals surface area contributed by atoms with E-state index in [1.807, 2.05) is 24.3 Å². The Balaban J connectivity index is 0.000000345. The highest BCUT2D eigenvalue weighted by molar-refractivity contribution is 7.10. The van der Waals surface area contributed by atoms with Crippen molar-refractivity contribution in [1.82, 2.24) is 4.90 Å². The summed E-state index contributed by atoms with van der Waals surface area (Å²) in [4.78, 5) is 24.7. The van der Waals surface area contributed by atoms with Gasteiger partial charge >= 0.3 is 18.1 Å². The van der Waals surface area contributed by atoms with Crippen LogP contribution in [0.5, 0.6) is 0 Å². The number of benzene rings is 1. The van der Waals surface area contributed by atoms with Crippen LogP contribution in [0.1, 0.15) is 22.0 Å². The van der Waals surface area contributed by atoms with Gasteiger partial charge in [0.25, 0.3) is 0 Å². The van der Waals surface area contributed by atoms with E-state index in [9.17, 15) is 18.0 Å². The molecule has 152 valence electrons. The molecule has 0 unspecified atom stereocenters. The minimum atomic E-state index is -5.08. The van der Waals surface area contributed by atoms with Crippen LogP contribution in [-0.4, -0.2) is 41.8 Å². The second-order valence-electron chi connectivity index (χ2n) is 5.84. The highest BCUT2D eigenvalue weighted by Crippen LogP contribution is 2.33. The molecular weight excluding hydrogens is 419 g/mol. The largest absolute Gasteiger partial charge is 0.490 e. The van der Waals surface area contributed by atoms with Crippen molar-refractivity contribution in [2.45, 2.75) is 25.2 Å². The van der Waals surface area contributed by atoms with E-state index in [1.54, 1.807) is 11.3 Å². The van der Waals surface area contributed by atoms with E-state index < -0.39 is 18.2 Å². The van der Waals surface area contributed by atoms with Gasteiger partial charge in [0, 0.05) is 23.0 Å². The lowest BCUT2D eigenvalue weighted by Gasteiger charge is -2.33. The number of esters is 1. The summed E-state index contributed by atoms with van der Waals surface area (Å²) < 4.78 is 36.7. The molecule has 0 radical (unpaired) electrons. The summed E-state index contributed by atoms with van der Waals surface area (Å²) in [5, 5.41) is 9.83. The number of halogens is 4. The average Bonchev–Trinajstić information content (AvgIpc) is 3.11. The first-order valence-corrected chi connectivity index (χ1v) is 9.32. The number of aliphatic carboxylic acids is 1. The highest BCUT2D eigenvalue weighted by atomic mass is 35.5. The third kappa shape index (κ3) is 5.46. The lowest BCUT2D eigenvalue weighted by Crippen LogP contribution is -2.38.